The molecule has 2 aromatic rings. The summed E-state index contributed by atoms with van der Waals surface area (Å²) in [5.74, 6) is 1.12. The number of benzene rings is 2. The van der Waals surface area contributed by atoms with Crippen LogP contribution in [0, 0.1) is 5.82 Å². The van der Waals surface area contributed by atoms with Gasteiger partial charge in [0, 0.05) is 17.5 Å². The maximum atomic E-state index is 13.5. The average molecular weight is 358 g/mol. The van der Waals surface area contributed by atoms with E-state index in [0.717, 1.165) is 40.0 Å². The number of hydrogen-bond donors (Lipinski definition) is 1. The topological polar surface area (TPSA) is 38.7 Å². The summed E-state index contributed by atoms with van der Waals surface area (Å²) >= 11 is 0. The lowest BCUT2D eigenvalue weighted by molar-refractivity contribution is 0.236. The molecule has 0 saturated heterocycles. The van der Waals surface area contributed by atoms with Crippen LogP contribution in [-0.4, -0.2) is 17.8 Å². The van der Waals surface area contributed by atoms with Crippen molar-refractivity contribution in [3.8, 4) is 22.6 Å². The van der Waals surface area contributed by atoms with Crippen LogP contribution in [0.1, 0.15) is 51.3 Å². The van der Waals surface area contributed by atoms with Crippen LogP contribution >= 0.6 is 0 Å². The third-order valence-corrected chi connectivity index (χ3v) is 4.75. The lowest BCUT2D eigenvalue weighted by Crippen LogP contribution is -2.19. The van der Waals surface area contributed by atoms with E-state index < -0.39 is 0 Å². The van der Waals surface area contributed by atoms with E-state index in [2.05, 4.69) is 20.8 Å². The number of halogens is 1. The van der Waals surface area contributed by atoms with Crippen molar-refractivity contribution in [2.24, 2.45) is 0 Å². The summed E-state index contributed by atoms with van der Waals surface area (Å²) < 4.78 is 25.6. The van der Waals surface area contributed by atoms with Crippen molar-refractivity contribution in [2.75, 3.05) is 6.61 Å². The Kier molecular flexibility index (Phi) is 4.98. The second-order valence-electron chi connectivity index (χ2n) is 7.85. The Morgan fingerprint density at radius 3 is 2.42 bits per heavy atom. The third kappa shape index (κ3) is 3.18. The minimum absolute atomic E-state index is 0.0558. The van der Waals surface area contributed by atoms with E-state index in [1.165, 1.54) is 12.1 Å². The third-order valence-electron chi connectivity index (χ3n) is 4.75. The molecule has 4 heteroatoms. The molecule has 2 aromatic carbocycles. The summed E-state index contributed by atoms with van der Waals surface area (Å²) in [6.45, 7) is 10.8. The number of aliphatic hydroxyl groups is 1. The van der Waals surface area contributed by atoms with Gasteiger partial charge in [-0.3, -0.25) is 0 Å². The van der Waals surface area contributed by atoms with E-state index in [0.29, 0.717) is 12.4 Å². The molecule has 1 atom stereocenters. The van der Waals surface area contributed by atoms with Gasteiger partial charge >= 0.3 is 0 Å². The average Bonchev–Trinajstić information content (AvgIpc) is 2.95. The molecule has 0 saturated carbocycles. The first kappa shape index (κ1) is 18.7. The van der Waals surface area contributed by atoms with Gasteiger partial charge < -0.3 is 14.6 Å². The summed E-state index contributed by atoms with van der Waals surface area (Å²) in [7, 11) is 0. The first-order chi connectivity index (χ1) is 12.3. The summed E-state index contributed by atoms with van der Waals surface area (Å²) in [6.07, 6.45) is 0.846. The molecule has 3 rings (SSSR count). The van der Waals surface area contributed by atoms with E-state index in [1.54, 1.807) is 12.1 Å². The highest BCUT2D eigenvalue weighted by molar-refractivity contribution is 5.81. The molecule has 3 nitrogen and oxygen atoms in total. The molecule has 0 bridgehead atoms. The van der Waals surface area contributed by atoms with Crippen LogP contribution in [0.3, 0.4) is 0 Å². The van der Waals surface area contributed by atoms with Gasteiger partial charge in [0.2, 0.25) is 0 Å². The number of hydrogen-bond acceptors (Lipinski definition) is 3. The van der Waals surface area contributed by atoms with Gasteiger partial charge in [-0.15, -0.1) is 0 Å². The molecule has 140 valence electrons. The van der Waals surface area contributed by atoms with Gasteiger partial charge in [0.05, 0.1) is 13.2 Å². The Labute approximate surface area is 154 Å². The molecule has 1 unspecified atom stereocenters. The molecule has 1 aliphatic heterocycles. The standard InChI is InChI=1S/C22H27FO3/c1-6-25-21-18(14-7-9-15(23)10-8-14)17(12-24)19(22(3,4)5)16-11-13(2)26-20(16)21/h7-10,13,24H,6,11-12H2,1-5H3. The highest BCUT2D eigenvalue weighted by atomic mass is 19.1. The van der Waals surface area contributed by atoms with E-state index in [9.17, 15) is 9.50 Å². The zero-order valence-corrected chi connectivity index (χ0v) is 16.1. The van der Waals surface area contributed by atoms with Crippen LogP contribution < -0.4 is 9.47 Å². The summed E-state index contributed by atoms with van der Waals surface area (Å²) in [5.41, 5.74) is 4.49. The zero-order valence-electron chi connectivity index (χ0n) is 16.1. The number of ether oxygens (including phenoxy) is 2. The van der Waals surface area contributed by atoms with Crippen LogP contribution in [0.2, 0.25) is 0 Å². The fourth-order valence-corrected chi connectivity index (χ4v) is 3.93. The predicted octanol–water partition coefficient (Wildman–Crippen LogP) is 5.00. The van der Waals surface area contributed by atoms with Crippen LogP contribution in [0.5, 0.6) is 11.5 Å². The lowest BCUT2D eigenvalue weighted by Gasteiger charge is -2.29. The van der Waals surface area contributed by atoms with Crippen molar-refractivity contribution >= 4 is 0 Å². The normalized spacial score (nSPS) is 16.3. The van der Waals surface area contributed by atoms with Gasteiger partial charge in [-0.05, 0) is 48.1 Å². The Hall–Kier alpha value is -2.07. The number of rotatable bonds is 4. The number of fused-ring (bicyclic) bond motifs is 1. The second kappa shape index (κ2) is 6.92. The van der Waals surface area contributed by atoms with Gasteiger partial charge in [0.1, 0.15) is 11.9 Å². The van der Waals surface area contributed by atoms with Crippen molar-refractivity contribution < 1.29 is 19.0 Å². The number of aliphatic hydroxyl groups excluding tert-OH is 1. The highest BCUT2D eigenvalue weighted by Gasteiger charge is 2.36. The van der Waals surface area contributed by atoms with Gasteiger partial charge in [0.25, 0.3) is 0 Å². The van der Waals surface area contributed by atoms with Crippen molar-refractivity contribution in [1.82, 2.24) is 0 Å². The van der Waals surface area contributed by atoms with Crippen LogP contribution in [0.15, 0.2) is 24.3 Å². The lowest BCUT2D eigenvalue weighted by atomic mass is 9.77. The van der Waals surface area contributed by atoms with E-state index in [1.807, 2.05) is 13.8 Å². The van der Waals surface area contributed by atoms with E-state index in [4.69, 9.17) is 9.47 Å². The minimum Gasteiger partial charge on any atom is -0.489 e. The summed E-state index contributed by atoms with van der Waals surface area (Å²) in [6, 6.07) is 6.31. The second-order valence-corrected chi connectivity index (χ2v) is 7.85. The molecule has 0 aliphatic carbocycles. The summed E-state index contributed by atoms with van der Waals surface area (Å²) in [4.78, 5) is 0. The van der Waals surface area contributed by atoms with E-state index in [-0.39, 0.29) is 23.9 Å². The minimum atomic E-state index is -0.292. The zero-order chi connectivity index (χ0) is 19.1. The van der Waals surface area contributed by atoms with Gasteiger partial charge in [-0.1, -0.05) is 32.9 Å². The molecule has 1 N–H and O–H groups in total. The first-order valence-corrected chi connectivity index (χ1v) is 9.16. The van der Waals surface area contributed by atoms with Crippen LogP contribution in [-0.2, 0) is 18.4 Å². The van der Waals surface area contributed by atoms with Crippen molar-refractivity contribution in [1.29, 1.82) is 0 Å². The molecule has 1 aliphatic rings. The first-order valence-electron chi connectivity index (χ1n) is 9.16. The van der Waals surface area contributed by atoms with Crippen molar-refractivity contribution in [3.63, 3.8) is 0 Å². The monoisotopic (exact) mass is 358 g/mol. The molecule has 1 heterocycles. The molecule has 0 spiro atoms. The van der Waals surface area contributed by atoms with Crippen LogP contribution in [0.4, 0.5) is 4.39 Å². The molecular weight excluding hydrogens is 331 g/mol. The van der Waals surface area contributed by atoms with Gasteiger partial charge in [-0.25, -0.2) is 4.39 Å². The van der Waals surface area contributed by atoms with Crippen molar-refractivity contribution in [2.45, 2.75) is 59.2 Å². The SMILES string of the molecule is CCOc1c2c(c(C(C)(C)C)c(CO)c1-c1ccc(F)cc1)CC(C)O2. The largest absolute Gasteiger partial charge is 0.489 e. The fourth-order valence-electron chi connectivity index (χ4n) is 3.93. The smallest absolute Gasteiger partial charge is 0.169 e. The van der Waals surface area contributed by atoms with Gasteiger partial charge in [-0.2, -0.15) is 0 Å². The molecule has 0 radical (unpaired) electrons. The predicted molar refractivity (Wildman–Crippen MR) is 101 cm³/mol. The Balaban J connectivity index is 2.41. The molecule has 0 aromatic heterocycles. The fraction of sp³-hybridized carbons (Fsp3) is 0.455. The Bertz CT molecular complexity index is 804. The molecular formula is C22H27FO3. The van der Waals surface area contributed by atoms with Crippen LogP contribution in [0.25, 0.3) is 11.1 Å². The van der Waals surface area contributed by atoms with E-state index >= 15 is 0 Å². The molecule has 0 amide bonds. The maximum Gasteiger partial charge on any atom is 0.169 e. The molecule has 26 heavy (non-hydrogen) atoms. The highest BCUT2D eigenvalue weighted by Crippen LogP contribution is 2.51. The van der Waals surface area contributed by atoms with Crippen molar-refractivity contribution in [3.05, 3.63) is 46.8 Å². The Morgan fingerprint density at radius 1 is 1.23 bits per heavy atom. The molecule has 0 fully saturated rings. The maximum absolute atomic E-state index is 13.5. The quantitative estimate of drug-likeness (QED) is 0.835. The Morgan fingerprint density at radius 2 is 1.88 bits per heavy atom. The summed E-state index contributed by atoms with van der Waals surface area (Å²) in [5, 5.41) is 10.3. The van der Waals surface area contributed by atoms with Gasteiger partial charge in [0.15, 0.2) is 11.5 Å².